The third-order valence-electron chi connectivity index (χ3n) is 1.83. The molecule has 68 valence electrons. The SMILES string of the molecule is CCc1nc(-c2cnn(C)c2)n[nH]1. The lowest BCUT2D eigenvalue weighted by Crippen LogP contribution is -1.84. The Morgan fingerprint density at radius 2 is 2.38 bits per heavy atom. The van der Waals surface area contributed by atoms with Crippen molar-refractivity contribution >= 4 is 0 Å². The smallest absolute Gasteiger partial charge is 0.184 e. The maximum atomic E-state index is 4.29. The Morgan fingerprint density at radius 1 is 1.54 bits per heavy atom. The Kier molecular flexibility index (Phi) is 1.84. The molecule has 2 aromatic rings. The molecule has 0 saturated carbocycles. The summed E-state index contributed by atoms with van der Waals surface area (Å²) in [6.45, 7) is 2.04. The van der Waals surface area contributed by atoms with Gasteiger partial charge >= 0.3 is 0 Å². The number of aromatic amines is 1. The van der Waals surface area contributed by atoms with E-state index in [4.69, 9.17) is 0 Å². The van der Waals surface area contributed by atoms with Crippen LogP contribution in [0.25, 0.3) is 11.4 Å². The Morgan fingerprint density at radius 3 is 2.92 bits per heavy atom. The summed E-state index contributed by atoms with van der Waals surface area (Å²) in [5, 5.41) is 11.0. The second-order valence-corrected chi connectivity index (χ2v) is 2.86. The number of aromatic nitrogens is 5. The lowest BCUT2D eigenvalue weighted by atomic mass is 10.3. The predicted octanol–water partition coefficient (Wildman–Crippen LogP) is 0.768. The van der Waals surface area contributed by atoms with Gasteiger partial charge in [-0.25, -0.2) is 4.98 Å². The largest absolute Gasteiger partial charge is 0.275 e. The van der Waals surface area contributed by atoms with Crippen LogP contribution in [0, 0.1) is 0 Å². The molecule has 0 saturated heterocycles. The molecule has 0 atom stereocenters. The number of hydrogen-bond donors (Lipinski definition) is 1. The standard InChI is InChI=1S/C8H11N5/c1-3-7-10-8(12-11-7)6-4-9-13(2)5-6/h4-5H,3H2,1-2H3,(H,10,11,12). The van der Waals surface area contributed by atoms with Crippen LogP contribution in [0.15, 0.2) is 12.4 Å². The molecular formula is C8H11N5. The Balaban J connectivity index is 2.35. The van der Waals surface area contributed by atoms with Crippen LogP contribution in [0.4, 0.5) is 0 Å². The van der Waals surface area contributed by atoms with Gasteiger partial charge in [-0.15, -0.1) is 0 Å². The van der Waals surface area contributed by atoms with Crippen molar-refractivity contribution in [3.05, 3.63) is 18.2 Å². The van der Waals surface area contributed by atoms with Gasteiger partial charge in [0, 0.05) is 19.7 Å². The first-order chi connectivity index (χ1) is 6.29. The first-order valence-corrected chi connectivity index (χ1v) is 4.20. The summed E-state index contributed by atoms with van der Waals surface area (Å²) >= 11 is 0. The summed E-state index contributed by atoms with van der Waals surface area (Å²) in [4.78, 5) is 4.29. The normalized spacial score (nSPS) is 10.6. The van der Waals surface area contributed by atoms with E-state index in [9.17, 15) is 0 Å². The van der Waals surface area contributed by atoms with Crippen molar-refractivity contribution in [1.29, 1.82) is 0 Å². The molecule has 0 aliphatic heterocycles. The average molecular weight is 177 g/mol. The Bertz CT molecular complexity index is 400. The van der Waals surface area contributed by atoms with Crippen molar-refractivity contribution in [3.63, 3.8) is 0 Å². The third kappa shape index (κ3) is 1.44. The van der Waals surface area contributed by atoms with Crippen molar-refractivity contribution < 1.29 is 0 Å². The summed E-state index contributed by atoms with van der Waals surface area (Å²) in [7, 11) is 1.87. The fourth-order valence-electron chi connectivity index (χ4n) is 1.12. The van der Waals surface area contributed by atoms with E-state index >= 15 is 0 Å². The molecule has 0 aromatic carbocycles. The molecule has 0 radical (unpaired) electrons. The highest BCUT2D eigenvalue weighted by Crippen LogP contribution is 2.12. The summed E-state index contributed by atoms with van der Waals surface area (Å²) < 4.78 is 1.73. The van der Waals surface area contributed by atoms with E-state index < -0.39 is 0 Å². The summed E-state index contributed by atoms with van der Waals surface area (Å²) in [6.07, 6.45) is 4.51. The number of aryl methyl sites for hydroxylation is 2. The molecular weight excluding hydrogens is 166 g/mol. The minimum atomic E-state index is 0.713. The lowest BCUT2D eigenvalue weighted by Gasteiger charge is -1.84. The molecule has 2 rings (SSSR count). The summed E-state index contributed by atoms with van der Waals surface area (Å²) in [5.74, 6) is 1.61. The van der Waals surface area contributed by atoms with Crippen LogP contribution in [0.3, 0.4) is 0 Å². The van der Waals surface area contributed by atoms with Crippen LogP contribution < -0.4 is 0 Å². The van der Waals surface area contributed by atoms with Crippen molar-refractivity contribution in [2.75, 3.05) is 0 Å². The Hall–Kier alpha value is -1.65. The van der Waals surface area contributed by atoms with Crippen LogP contribution >= 0.6 is 0 Å². The fraction of sp³-hybridized carbons (Fsp3) is 0.375. The number of nitrogens with one attached hydrogen (secondary N) is 1. The van der Waals surface area contributed by atoms with E-state index in [1.54, 1.807) is 10.9 Å². The maximum Gasteiger partial charge on any atom is 0.184 e. The number of nitrogens with zero attached hydrogens (tertiary/aromatic N) is 4. The molecule has 0 aliphatic carbocycles. The van der Waals surface area contributed by atoms with Gasteiger partial charge in [-0.05, 0) is 0 Å². The zero-order valence-corrected chi connectivity index (χ0v) is 7.65. The van der Waals surface area contributed by atoms with E-state index in [2.05, 4.69) is 20.3 Å². The molecule has 13 heavy (non-hydrogen) atoms. The van der Waals surface area contributed by atoms with Crippen molar-refractivity contribution in [2.45, 2.75) is 13.3 Å². The van der Waals surface area contributed by atoms with Gasteiger partial charge in [-0.2, -0.15) is 10.2 Å². The highest BCUT2D eigenvalue weighted by Gasteiger charge is 2.05. The van der Waals surface area contributed by atoms with Crippen LogP contribution in [0.1, 0.15) is 12.7 Å². The Labute approximate surface area is 75.8 Å². The molecule has 0 fully saturated rings. The molecule has 2 heterocycles. The molecule has 5 nitrogen and oxygen atoms in total. The van der Waals surface area contributed by atoms with Crippen LogP contribution in [-0.4, -0.2) is 25.0 Å². The lowest BCUT2D eigenvalue weighted by molar-refractivity contribution is 0.768. The van der Waals surface area contributed by atoms with E-state index in [-0.39, 0.29) is 0 Å². The predicted molar refractivity (Wildman–Crippen MR) is 48.0 cm³/mol. The number of rotatable bonds is 2. The van der Waals surface area contributed by atoms with E-state index in [1.165, 1.54) is 0 Å². The third-order valence-corrected chi connectivity index (χ3v) is 1.83. The number of hydrogen-bond acceptors (Lipinski definition) is 3. The fourth-order valence-corrected chi connectivity index (χ4v) is 1.12. The van der Waals surface area contributed by atoms with Gasteiger partial charge in [0.1, 0.15) is 5.82 Å². The van der Waals surface area contributed by atoms with Crippen molar-refractivity contribution in [3.8, 4) is 11.4 Å². The topological polar surface area (TPSA) is 59.4 Å². The van der Waals surface area contributed by atoms with Gasteiger partial charge in [0.05, 0.1) is 11.8 Å². The van der Waals surface area contributed by atoms with Gasteiger partial charge in [-0.3, -0.25) is 9.78 Å². The average Bonchev–Trinajstić information content (AvgIpc) is 2.71. The minimum Gasteiger partial charge on any atom is -0.275 e. The van der Waals surface area contributed by atoms with Gasteiger partial charge in [0.25, 0.3) is 0 Å². The van der Waals surface area contributed by atoms with E-state index in [1.807, 2.05) is 20.2 Å². The van der Waals surface area contributed by atoms with E-state index in [0.29, 0.717) is 5.82 Å². The van der Waals surface area contributed by atoms with Crippen LogP contribution in [0.2, 0.25) is 0 Å². The first kappa shape index (κ1) is 7.97. The summed E-state index contributed by atoms with van der Waals surface area (Å²) in [6, 6.07) is 0. The molecule has 0 amide bonds. The summed E-state index contributed by atoms with van der Waals surface area (Å²) in [5.41, 5.74) is 0.943. The number of H-pyrrole nitrogens is 1. The zero-order chi connectivity index (χ0) is 9.26. The molecule has 0 unspecified atom stereocenters. The van der Waals surface area contributed by atoms with Crippen molar-refractivity contribution in [2.24, 2.45) is 7.05 Å². The van der Waals surface area contributed by atoms with E-state index in [0.717, 1.165) is 17.8 Å². The second kappa shape index (κ2) is 3.01. The molecule has 0 spiro atoms. The molecule has 0 aliphatic rings. The maximum absolute atomic E-state index is 4.29. The van der Waals surface area contributed by atoms with Gasteiger partial charge in [0.15, 0.2) is 5.82 Å². The highest BCUT2D eigenvalue weighted by molar-refractivity contribution is 5.51. The minimum absolute atomic E-state index is 0.713. The molecule has 2 aromatic heterocycles. The molecule has 0 bridgehead atoms. The van der Waals surface area contributed by atoms with Gasteiger partial charge in [-0.1, -0.05) is 6.92 Å². The zero-order valence-electron chi connectivity index (χ0n) is 7.65. The second-order valence-electron chi connectivity index (χ2n) is 2.86. The van der Waals surface area contributed by atoms with Crippen molar-refractivity contribution in [1.82, 2.24) is 25.0 Å². The first-order valence-electron chi connectivity index (χ1n) is 4.20. The quantitative estimate of drug-likeness (QED) is 0.737. The molecule has 1 N–H and O–H groups in total. The monoisotopic (exact) mass is 177 g/mol. The van der Waals surface area contributed by atoms with Gasteiger partial charge in [0.2, 0.25) is 0 Å². The molecule has 5 heteroatoms. The van der Waals surface area contributed by atoms with Crippen LogP contribution in [0.5, 0.6) is 0 Å². The van der Waals surface area contributed by atoms with Crippen LogP contribution in [-0.2, 0) is 13.5 Å². The highest BCUT2D eigenvalue weighted by atomic mass is 15.3. The van der Waals surface area contributed by atoms with Gasteiger partial charge < -0.3 is 0 Å².